The first kappa shape index (κ1) is 20.8. The number of rotatable bonds is 4. The zero-order chi connectivity index (χ0) is 20.7. The Labute approximate surface area is 169 Å². The minimum atomic E-state index is -4.65. The summed E-state index contributed by atoms with van der Waals surface area (Å²) in [5.41, 5.74) is -0.484. The van der Waals surface area contributed by atoms with Crippen LogP contribution in [-0.2, 0) is 16.0 Å². The van der Waals surface area contributed by atoms with Crippen molar-refractivity contribution in [1.29, 1.82) is 0 Å². The summed E-state index contributed by atoms with van der Waals surface area (Å²) in [5.74, 6) is 0. The van der Waals surface area contributed by atoms with Crippen LogP contribution in [0, 0.1) is 0 Å². The molecule has 0 saturated heterocycles. The monoisotopic (exact) mass is 446 g/mol. The number of halogens is 4. The lowest BCUT2D eigenvalue weighted by Gasteiger charge is -2.11. The van der Waals surface area contributed by atoms with Crippen LogP contribution in [0.3, 0.4) is 0 Å². The van der Waals surface area contributed by atoms with E-state index in [1.807, 2.05) is 6.26 Å². The summed E-state index contributed by atoms with van der Waals surface area (Å²) >= 11 is 7.56. The van der Waals surface area contributed by atoms with Gasteiger partial charge in [0.25, 0.3) is 0 Å². The number of nitrogens with zero attached hydrogens (tertiary/aromatic N) is 1. The zero-order valence-electron chi connectivity index (χ0n) is 14.6. The Morgan fingerprint density at radius 1 is 1.07 bits per heavy atom. The molecule has 0 atom stereocenters. The molecule has 3 rings (SSSR count). The number of sulfone groups is 1. The van der Waals surface area contributed by atoms with Gasteiger partial charge < -0.3 is 0 Å². The molecule has 2 aromatic carbocycles. The Morgan fingerprint density at radius 2 is 1.68 bits per heavy atom. The van der Waals surface area contributed by atoms with Gasteiger partial charge in [0, 0.05) is 22.3 Å². The number of H-pyrrole nitrogens is 1. The number of hydrogen-bond acceptors (Lipinski definition) is 4. The second-order valence-electron chi connectivity index (χ2n) is 5.97. The van der Waals surface area contributed by atoms with Gasteiger partial charge in [-0.15, -0.1) is 11.8 Å². The smallest absolute Gasteiger partial charge is 0.272 e. The fraction of sp³-hybridized carbons (Fsp3) is 0.167. The molecule has 148 valence electrons. The van der Waals surface area contributed by atoms with Crippen LogP contribution < -0.4 is 0 Å². The molecular weight excluding hydrogens is 433 g/mol. The van der Waals surface area contributed by atoms with E-state index in [1.165, 1.54) is 42.1 Å². The van der Waals surface area contributed by atoms with Crippen molar-refractivity contribution in [2.24, 2.45) is 0 Å². The molecule has 10 heteroatoms. The SMILES string of the molecule is CSc1ccc(-c2c(-c3ccc(S(C)(=O)=O)cc3)n[nH]c2C(F)(F)F)cc1Cl. The molecule has 0 spiro atoms. The predicted molar refractivity (Wildman–Crippen MR) is 104 cm³/mol. The molecule has 0 aliphatic heterocycles. The van der Waals surface area contributed by atoms with Crippen molar-refractivity contribution < 1.29 is 21.6 Å². The van der Waals surface area contributed by atoms with Crippen molar-refractivity contribution in [1.82, 2.24) is 10.2 Å². The number of aromatic nitrogens is 2. The van der Waals surface area contributed by atoms with Crippen LogP contribution in [0.1, 0.15) is 5.69 Å². The van der Waals surface area contributed by atoms with Gasteiger partial charge in [0.15, 0.2) is 9.84 Å². The molecular formula is C18H14ClF3N2O2S2. The van der Waals surface area contributed by atoms with E-state index in [-0.39, 0.29) is 21.7 Å². The number of nitrogens with one attached hydrogen (secondary N) is 1. The topological polar surface area (TPSA) is 62.8 Å². The summed E-state index contributed by atoms with van der Waals surface area (Å²) in [4.78, 5) is 0.804. The standard InChI is InChI=1S/C18H14ClF3N2O2S2/c1-27-14-8-5-11(9-13(14)19)15-16(23-24-17(15)18(20,21)22)10-3-6-12(7-4-10)28(2,25)26/h3-9H,1-2H3,(H,23,24). The maximum Gasteiger partial charge on any atom is 0.433 e. The molecule has 28 heavy (non-hydrogen) atoms. The molecule has 0 amide bonds. The molecule has 3 aromatic rings. The lowest BCUT2D eigenvalue weighted by atomic mass is 9.98. The Kier molecular flexibility index (Phi) is 5.53. The average molecular weight is 447 g/mol. The maximum absolute atomic E-state index is 13.5. The molecule has 0 aliphatic rings. The van der Waals surface area contributed by atoms with Crippen LogP contribution in [-0.4, -0.2) is 31.1 Å². The number of hydrogen-bond donors (Lipinski definition) is 1. The van der Waals surface area contributed by atoms with E-state index in [9.17, 15) is 21.6 Å². The first-order valence-electron chi connectivity index (χ1n) is 7.82. The first-order chi connectivity index (χ1) is 13.0. The molecule has 0 fully saturated rings. The maximum atomic E-state index is 13.5. The minimum absolute atomic E-state index is 0.0559. The Bertz CT molecular complexity index is 1120. The minimum Gasteiger partial charge on any atom is -0.272 e. The highest BCUT2D eigenvalue weighted by atomic mass is 35.5. The van der Waals surface area contributed by atoms with E-state index in [4.69, 9.17) is 11.6 Å². The van der Waals surface area contributed by atoms with E-state index in [0.717, 1.165) is 11.2 Å². The van der Waals surface area contributed by atoms with E-state index < -0.39 is 21.7 Å². The molecule has 0 unspecified atom stereocenters. The predicted octanol–water partition coefficient (Wildman–Crippen LogP) is 5.54. The molecule has 1 heterocycles. The van der Waals surface area contributed by atoms with Crippen LogP contribution in [0.25, 0.3) is 22.4 Å². The summed E-state index contributed by atoms with van der Waals surface area (Å²) in [6.07, 6.45) is -1.79. The number of aromatic amines is 1. The van der Waals surface area contributed by atoms with Crippen molar-refractivity contribution in [3.8, 4) is 22.4 Å². The number of benzene rings is 2. The summed E-state index contributed by atoms with van der Waals surface area (Å²) < 4.78 is 63.9. The van der Waals surface area contributed by atoms with Gasteiger partial charge in [-0.05, 0) is 36.1 Å². The van der Waals surface area contributed by atoms with Gasteiger partial charge in [-0.25, -0.2) is 8.42 Å². The van der Waals surface area contributed by atoms with Crippen LogP contribution >= 0.6 is 23.4 Å². The summed E-state index contributed by atoms with van der Waals surface area (Å²) in [6, 6.07) is 10.2. The van der Waals surface area contributed by atoms with E-state index in [0.29, 0.717) is 10.6 Å². The van der Waals surface area contributed by atoms with Crippen molar-refractivity contribution >= 4 is 33.2 Å². The van der Waals surface area contributed by atoms with Gasteiger partial charge in [-0.3, -0.25) is 5.10 Å². The Hall–Kier alpha value is -1.97. The Morgan fingerprint density at radius 3 is 2.18 bits per heavy atom. The quantitative estimate of drug-likeness (QED) is 0.534. The van der Waals surface area contributed by atoms with Crippen molar-refractivity contribution in [2.75, 3.05) is 12.5 Å². The fourth-order valence-electron chi connectivity index (χ4n) is 2.72. The first-order valence-corrected chi connectivity index (χ1v) is 11.3. The van der Waals surface area contributed by atoms with Gasteiger partial charge in [0.2, 0.25) is 0 Å². The third-order valence-corrected chi connectivity index (χ3v) is 6.40. The van der Waals surface area contributed by atoms with E-state index in [2.05, 4.69) is 10.2 Å². The largest absolute Gasteiger partial charge is 0.433 e. The summed E-state index contributed by atoms with van der Waals surface area (Å²) in [6.45, 7) is 0. The van der Waals surface area contributed by atoms with E-state index >= 15 is 0 Å². The molecule has 0 saturated carbocycles. The van der Waals surface area contributed by atoms with Gasteiger partial charge in [0.1, 0.15) is 11.4 Å². The Balaban J connectivity index is 2.21. The lowest BCUT2D eigenvalue weighted by molar-refractivity contribution is -0.140. The van der Waals surface area contributed by atoms with Crippen LogP contribution in [0.15, 0.2) is 52.3 Å². The average Bonchev–Trinajstić information content (AvgIpc) is 3.06. The van der Waals surface area contributed by atoms with Crippen molar-refractivity contribution in [2.45, 2.75) is 16.0 Å². The third kappa shape index (κ3) is 4.06. The summed E-state index contributed by atoms with van der Waals surface area (Å²) in [7, 11) is -3.42. The molecule has 4 nitrogen and oxygen atoms in total. The summed E-state index contributed by atoms with van der Waals surface area (Å²) in [5, 5.41) is 6.24. The van der Waals surface area contributed by atoms with Gasteiger partial charge in [0.05, 0.1) is 9.92 Å². The molecule has 0 aliphatic carbocycles. The van der Waals surface area contributed by atoms with Crippen LogP contribution in [0.2, 0.25) is 5.02 Å². The van der Waals surface area contributed by atoms with Crippen LogP contribution in [0.4, 0.5) is 13.2 Å². The van der Waals surface area contributed by atoms with Gasteiger partial charge in [-0.2, -0.15) is 18.3 Å². The molecule has 1 N–H and O–H groups in total. The highest BCUT2D eigenvalue weighted by Gasteiger charge is 2.38. The lowest BCUT2D eigenvalue weighted by Crippen LogP contribution is -2.07. The normalized spacial score (nSPS) is 12.4. The van der Waals surface area contributed by atoms with E-state index in [1.54, 1.807) is 12.1 Å². The second-order valence-corrected chi connectivity index (χ2v) is 9.24. The second kappa shape index (κ2) is 7.46. The third-order valence-electron chi connectivity index (χ3n) is 4.05. The molecule has 0 bridgehead atoms. The van der Waals surface area contributed by atoms with Crippen molar-refractivity contribution in [3.05, 3.63) is 53.2 Å². The highest BCUT2D eigenvalue weighted by molar-refractivity contribution is 7.98. The van der Waals surface area contributed by atoms with Crippen LogP contribution in [0.5, 0.6) is 0 Å². The van der Waals surface area contributed by atoms with Gasteiger partial charge >= 0.3 is 6.18 Å². The van der Waals surface area contributed by atoms with Gasteiger partial charge in [-0.1, -0.05) is 29.8 Å². The number of alkyl halides is 3. The fourth-order valence-corrected chi connectivity index (χ4v) is 4.22. The molecule has 0 radical (unpaired) electrons. The highest BCUT2D eigenvalue weighted by Crippen LogP contribution is 2.42. The zero-order valence-corrected chi connectivity index (χ0v) is 17.0. The number of thioether (sulfide) groups is 1. The molecule has 1 aromatic heterocycles. The van der Waals surface area contributed by atoms with Crippen molar-refractivity contribution in [3.63, 3.8) is 0 Å².